The van der Waals surface area contributed by atoms with E-state index in [2.05, 4.69) is 33.0 Å². The number of hydrogen-bond acceptors (Lipinski definition) is 6. The predicted molar refractivity (Wildman–Crippen MR) is 68.5 cm³/mol. The molecule has 0 bridgehead atoms. The lowest BCUT2D eigenvalue weighted by molar-refractivity contribution is 0.0657. The molecule has 8 heteroatoms. The lowest BCUT2D eigenvalue weighted by atomic mass is 10.2. The summed E-state index contributed by atoms with van der Waals surface area (Å²) in [4.78, 5) is 14.3. The second-order valence-electron chi connectivity index (χ2n) is 5.13. The van der Waals surface area contributed by atoms with Gasteiger partial charge in [0.2, 0.25) is 0 Å². The van der Waals surface area contributed by atoms with E-state index < -0.39 is 0 Å². The Labute approximate surface area is 111 Å². The third-order valence-electron chi connectivity index (χ3n) is 3.64. The average molecular weight is 265 g/mol. The highest BCUT2D eigenvalue weighted by atomic mass is 16.2. The Morgan fingerprint density at radius 2 is 2.11 bits per heavy atom. The maximum atomic E-state index is 12.0. The monoisotopic (exact) mass is 265 g/mol. The van der Waals surface area contributed by atoms with Gasteiger partial charge in [-0.25, -0.2) is 9.69 Å². The van der Waals surface area contributed by atoms with Gasteiger partial charge < -0.3 is 10.2 Å². The molecule has 0 atom stereocenters. The van der Waals surface area contributed by atoms with Crippen LogP contribution >= 0.6 is 0 Å². The molecule has 0 radical (unpaired) electrons. The minimum atomic E-state index is -0.178. The smallest absolute Gasteiger partial charge is 0.287 e. The van der Waals surface area contributed by atoms with Crippen LogP contribution in [0.25, 0.3) is 0 Å². The van der Waals surface area contributed by atoms with Gasteiger partial charge in [-0.05, 0) is 7.05 Å². The summed E-state index contributed by atoms with van der Waals surface area (Å²) in [5.74, 6) is -0.178. The van der Waals surface area contributed by atoms with Crippen molar-refractivity contribution in [1.82, 2.24) is 35.6 Å². The fourth-order valence-electron chi connectivity index (χ4n) is 2.14. The fourth-order valence-corrected chi connectivity index (χ4v) is 2.14. The van der Waals surface area contributed by atoms with E-state index in [-0.39, 0.29) is 5.91 Å². The summed E-state index contributed by atoms with van der Waals surface area (Å²) >= 11 is 0. The first-order valence-corrected chi connectivity index (χ1v) is 6.59. The van der Waals surface area contributed by atoms with Gasteiger partial charge in [0, 0.05) is 39.3 Å². The fraction of sp³-hybridized carbons (Fsp3) is 0.727. The van der Waals surface area contributed by atoms with E-state index >= 15 is 0 Å². The summed E-state index contributed by atoms with van der Waals surface area (Å²) < 4.78 is 1.76. The number of likely N-dealkylation sites (N-methyl/N-ethyl adjacent to an activating group) is 1. The molecular weight excluding hydrogens is 246 g/mol. The molecule has 1 amide bonds. The van der Waals surface area contributed by atoms with Crippen molar-refractivity contribution < 1.29 is 4.79 Å². The molecule has 3 heterocycles. The van der Waals surface area contributed by atoms with Crippen LogP contribution in [0.1, 0.15) is 16.5 Å². The van der Waals surface area contributed by atoms with Crippen molar-refractivity contribution in [3.63, 3.8) is 0 Å². The highest BCUT2D eigenvalue weighted by Crippen LogP contribution is 2.09. The first-order chi connectivity index (χ1) is 9.22. The van der Waals surface area contributed by atoms with Crippen LogP contribution in [0, 0.1) is 0 Å². The summed E-state index contributed by atoms with van der Waals surface area (Å²) in [6, 6.07) is 0.331. The minimum Gasteiger partial charge on any atom is -0.312 e. The van der Waals surface area contributed by atoms with Crippen LogP contribution in [-0.4, -0.2) is 77.1 Å². The second kappa shape index (κ2) is 5.24. The molecule has 1 aromatic rings. The second-order valence-corrected chi connectivity index (χ2v) is 5.13. The Bertz CT molecular complexity index is 448. The van der Waals surface area contributed by atoms with E-state index in [1.165, 1.54) is 0 Å². The van der Waals surface area contributed by atoms with Crippen LogP contribution in [0.4, 0.5) is 0 Å². The highest BCUT2D eigenvalue weighted by molar-refractivity contribution is 5.91. The number of nitrogens with one attached hydrogen (secondary N) is 2. The largest absolute Gasteiger partial charge is 0.312 e. The lowest BCUT2D eigenvalue weighted by Crippen LogP contribution is -2.52. The average Bonchev–Trinajstić information content (AvgIpc) is 2.79. The number of aromatic nitrogens is 3. The van der Waals surface area contributed by atoms with Crippen LogP contribution in [0.15, 0.2) is 6.20 Å². The van der Waals surface area contributed by atoms with Crippen molar-refractivity contribution in [2.75, 3.05) is 46.3 Å². The molecule has 0 spiro atoms. The van der Waals surface area contributed by atoms with Crippen molar-refractivity contribution in [3.8, 4) is 0 Å². The summed E-state index contributed by atoms with van der Waals surface area (Å²) in [7, 11) is 2.08. The summed E-state index contributed by atoms with van der Waals surface area (Å²) in [6.07, 6.45) is 1.72. The normalized spacial score (nSPS) is 22.2. The van der Waals surface area contributed by atoms with Gasteiger partial charge in [0.25, 0.3) is 5.91 Å². The molecule has 2 saturated heterocycles. The van der Waals surface area contributed by atoms with Gasteiger partial charge in [0.1, 0.15) is 0 Å². The molecule has 2 fully saturated rings. The topological polar surface area (TPSA) is 78.3 Å². The number of carbonyl (C=O) groups is 1. The van der Waals surface area contributed by atoms with Gasteiger partial charge >= 0.3 is 0 Å². The molecule has 2 aliphatic rings. The van der Waals surface area contributed by atoms with Gasteiger partial charge in [0.15, 0.2) is 5.69 Å². The van der Waals surface area contributed by atoms with Crippen LogP contribution in [0.2, 0.25) is 0 Å². The minimum absolute atomic E-state index is 0.178. The maximum Gasteiger partial charge on any atom is 0.287 e. The Morgan fingerprint density at radius 3 is 2.74 bits per heavy atom. The zero-order valence-corrected chi connectivity index (χ0v) is 11.0. The predicted octanol–water partition coefficient (Wildman–Crippen LogP) is -1.69. The first kappa shape index (κ1) is 12.5. The van der Waals surface area contributed by atoms with E-state index in [9.17, 15) is 4.79 Å². The Morgan fingerprint density at radius 1 is 1.37 bits per heavy atom. The van der Waals surface area contributed by atoms with Gasteiger partial charge in [0.05, 0.1) is 12.2 Å². The molecule has 0 aliphatic carbocycles. The van der Waals surface area contributed by atoms with Crippen molar-refractivity contribution in [3.05, 3.63) is 11.9 Å². The number of piperazine rings is 1. The number of amides is 1. The molecule has 0 unspecified atom stereocenters. The third-order valence-corrected chi connectivity index (χ3v) is 3.64. The molecule has 1 aromatic heterocycles. The summed E-state index contributed by atoms with van der Waals surface area (Å²) in [5, 5.41) is 13.0. The van der Waals surface area contributed by atoms with Crippen LogP contribution in [0.3, 0.4) is 0 Å². The highest BCUT2D eigenvalue weighted by Gasteiger charge is 2.23. The van der Waals surface area contributed by atoms with Crippen molar-refractivity contribution in [2.24, 2.45) is 0 Å². The zero-order chi connectivity index (χ0) is 13.2. The van der Waals surface area contributed by atoms with Crippen LogP contribution in [-0.2, 0) is 0 Å². The van der Waals surface area contributed by atoms with Gasteiger partial charge in [-0.2, -0.15) is 0 Å². The number of hydrazine groups is 1. The maximum absolute atomic E-state index is 12.0. The number of nitrogens with zero attached hydrogens (tertiary/aromatic N) is 5. The molecule has 0 aromatic carbocycles. The Kier molecular flexibility index (Phi) is 3.45. The van der Waals surface area contributed by atoms with E-state index in [0.29, 0.717) is 11.7 Å². The van der Waals surface area contributed by atoms with Crippen LogP contribution in [0.5, 0.6) is 0 Å². The number of rotatable bonds is 3. The van der Waals surface area contributed by atoms with Crippen molar-refractivity contribution >= 4 is 5.91 Å². The first-order valence-electron chi connectivity index (χ1n) is 6.59. The number of carbonyl (C=O) groups excluding carboxylic acids is 1. The molecule has 104 valence electrons. The molecule has 2 aliphatic heterocycles. The molecular formula is C11H19N7O. The quantitative estimate of drug-likeness (QED) is 0.679. The van der Waals surface area contributed by atoms with E-state index in [1.807, 2.05) is 5.01 Å². The van der Waals surface area contributed by atoms with Crippen molar-refractivity contribution in [2.45, 2.75) is 6.04 Å². The van der Waals surface area contributed by atoms with Gasteiger partial charge in [-0.15, -0.1) is 5.10 Å². The summed E-state index contributed by atoms with van der Waals surface area (Å²) in [5.41, 5.74) is 3.26. The third kappa shape index (κ3) is 2.75. The van der Waals surface area contributed by atoms with Gasteiger partial charge in [-0.1, -0.05) is 5.21 Å². The van der Waals surface area contributed by atoms with E-state index in [1.54, 1.807) is 10.9 Å². The SMILES string of the molecule is CN1CCN(NC(=O)c2cn(C3CNC3)nn2)CC1. The molecule has 19 heavy (non-hydrogen) atoms. The van der Waals surface area contributed by atoms with Gasteiger partial charge in [-0.3, -0.25) is 10.2 Å². The van der Waals surface area contributed by atoms with E-state index in [4.69, 9.17) is 0 Å². The molecule has 0 saturated carbocycles. The summed E-state index contributed by atoms with van der Waals surface area (Å²) in [6.45, 7) is 5.37. The zero-order valence-electron chi connectivity index (χ0n) is 11.0. The molecule has 8 nitrogen and oxygen atoms in total. The molecule has 3 rings (SSSR count). The Balaban J connectivity index is 1.56. The lowest BCUT2D eigenvalue weighted by Gasteiger charge is -2.32. The van der Waals surface area contributed by atoms with Crippen molar-refractivity contribution in [1.29, 1.82) is 0 Å². The van der Waals surface area contributed by atoms with Crippen LogP contribution < -0.4 is 10.7 Å². The van der Waals surface area contributed by atoms with E-state index in [0.717, 1.165) is 39.3 Å². The molecule has 2 N–H and O–H groups in total. The standard InChI is InChI=1S/C11H19N7O/c1-16-2-4-17(5-3-16)14-11(19)10-8-18(15-13-10)9-6-12-7-9/h8-9,12H,2-7H2,1H3,(H,14,19). The Hall–Kier alpha value is -1.51. The number of hydrogen-bond donors (Lipinski definition) is 2.